The molecule has 0 bridgehead atoms. The Morgan fingerprint density at radius 2 is 1.94 bits per heavy atom. The lowest BCUT2D eigenvalue weighted by molar-refractivity contribution is -0.137. The van der Waals surface area contributed by atoms with Crippen LogP contribution in [0.2, 0.25) is 0 Å². The summed E-state index contributed by atoms with van der Waals surface area (Å²) < 4.78 is 41.6. The molecule has 2 aliphatic rings. The number of amides is 1. The third kappa shape index (κ3) is 4.95. The molecular formula is C24H28F3N7O. The third-order valence-electron chi connectivity index (χ3n) is 6.74. The Labute approximate surface area is 200 Å². The van der Waals surface area contributed by atoms with Gasteiger partial charge in [-0.05, 0) is 51.2 Å². The van der Waals surface area contributed by atoms with E-state index >= 15 is 0 Å². The van der Waals surface area contributed by atoms with E-state index in [-0.39, 0.29) is 34.8 Å². The number of pyridine rings is 1. The number of carbonyl (C=O) groups is 1. The van der Waals surface area contributed by atoms with Crippen molar-refractivity contribution in [3.8, 4) is 11.3 Å². The van der Waals surface area contributed by atoms with Gasteiger partial charge < -0.3 is 20.5 Å². The average Bonchev–Trinajstić information content (AvgIpc) is 3.28. The molecule has 5 rings (SSSR count). The highest BCUT2D eigenvalue weighted by molar-refractivity contribution is 5.98. The Balaban J connectivity index is 1.48. The Morgan fingerprint density at radius 3 is 2.66 bits per heavy atom. The number of carbonyl (C=O) groups excluding carboxylic acids is 1. The number of alkyl halides is 3. The number of hydrogen-bond acceptors (Lipinski definition) is 6. The summed E-state index contributed by atoms with van der Waals surface area (Å²) in [7, 11) is 0. The van der Waals surface area contributed by atoms with E-state index in [9.17, 15) is 18.0 Å². The maximum Gasteiger partial charge on any atom is 0.419 e. The van der Waals surface area contributed by atoms with Gasteiger partial charge in [-0.25, -0.2) is 15.0 Å². The molecule has 11 heteroatoms. The summed E-state index contributed by atoms with van der Waals surface area (Å²) in [5, 5.41) is 6.97. The van der Waals surface area contributed by atoms with Gasteiger partial charge in [0, 0.05) is 55.1 Å². The number of nitrogens with zero attached hydrogens (tertiary/aromatic N) is 4. The van der Waals surface area contributed by atoms with Gasteiger partial charge in [0.25, 0.3) is 5.91 Å². The van der Waals surface area contributed by atoms with Crippen molar-refractivity contribution >= 4 is 22.9 Å². The lowest BCUT2D eigenvalue weighted by atomic mass is 10.0. The molecule has 3 aromatic rings. The van der Waals surface area contributed by atoms with Crippen molar-refractivity contribution in [3.63, 3.8) is 0 Å². The Hall–Kier alpha value is -3.21. The van der Waals surface area contributed by atoms with Crippen LogP contribution in [0.1, 0.15) is 55.1 Å². The number of H-pyrrole nitrogens is 1. The van der Waals surface area contributed by atoms with E-state index in [0.29, 0.717) is 36.7 Å². The number of aromatic nitrogens is 4. The first-order chi connectivity index (χ1) is 16.8. The van der Waals surface area contributed by atoms with Crippen LogP contribution in [0.3, 0.4) is 0 Å². The van der Waals surface area contributed by atoms with Gasteiger partial charge in [-0.2, -0.15) is 13.2 Å². The molecule has 2 atom stereocenters. The van der Waals surface area contributed by atoms with E-state index in [0.717, 1.165) is 38.3 Å². The molecule has 0 unspecified atom stereocenters. The van der Waals surface area contributed by atoms with Crippen LogP contribution in [0.4, 0.5) is 19.1 Å². The van der Waals surface area contributed by atoms with Crippen molar-refractivity contribution < 1.29 is 18.0 Å². The van der Waals surface area contributed by atoms with Crippen molar-refractivity contribution in [2.45, 2.75) is 57.3 Å². The first-order valence-corrected chi connectivity index (χ1v) is 12.0. The molecule has 2 saturated heterocycles. The maximum absolute atomic E-state index is 13.9. The second kappa shape index (κ2) is 9.44. The minimum Gasteiger partial charge on any atom is -0.350 e. The number of anilines is 1. The summed E-state index contributed by atoms with van der Waals surface area (Å²) in [4.78, 5) is 30.2. The standard InChI is InChI=1S/C24H28F3N7O/c1-14-5-6-15(11-28-14)31-23-30-13-18(24(25,26)27)20(33-23)17-12-29-21-16(17)7-8-19(32-21)22(35)34-9-3-2-4-10-34/h7-8,12-15,28H,2-6,9-11H2,1H3,(H,29,32)(H,30,31,33)/t14-,15-/m0/s1. The van der Waals surface area contributed by atoms with E-state index in [4.69, 9.17) is 0 Å². The van der Waals surface area contributed by atoms with E-state index < -0.39 is 11.7 Å². The summed E-state index contributed by atoms with van der Waals surface area (Å²) >= 11 is 0. The smallest absolute Gasteiger partial charge is 0.350 e. The number of likely N-dealkylation sites (tertiary alicyclic amines) is 1. The number of rotatable bonds is 4. The molecule has 3 N–H and O–H groups in total. The van der Waals surface area contributed by atoms with E-state index in [2.05, 4.69) is 37.5 Å². The minimum absolute atomic E-state index is 0.0313. The predicted octanol–water partition coefficient (Wildman–Crippen LogP) is 4.22. The molecule has 3 aromatic heterocycles. The summed E-state index contributed by atoms with van der Waals surface area (Å²) in [5.41, 5.74) is -0.275. The second-order valence-electron chi connectivity index (χ2n) is 9.33. The first kappa shape index (κ1) is 23.5. The van der Waals surface area contributed by atoms with Crippen LogP contribution in [0.25, 0.3) is 22.3 Å². The molecule has 8 nitrogen and oxygen atoms in total. The van der Waals surface area contributed by atoms with Gasteiger partial charge in [0.05, 0.1) is 5.69 Å². The van der Waals surface area contributed by atoms with E-state index in [1.54, 1.807) is 17.0 Å². The maximum atomic E-state index is 13.9. The van der Waals surface area contributed by atoms with Crippen molar-refractivity contribution in [2.24, 2.45) is 0 Å². The largest absolute Gasteiger partial charge is 0.419 e. The first-order valence-electron chi connectivity index (χ1n) is 12.0. The van der Waals surface area contributed by atoms with Crippen LogP contribution in [-0.4, -0.2) is 62.5 Å². The van der Waals surface area contributed by atoms with Crippen LogP contribution in [0.15, 0.2) is 24.5 Å². The Bertz CT molecular complexity index is 1210. The van der Waals surface area contributed by atoms with Crippen LogP contribution in [0.5, 0.6) is 0 Å². The lowest BCUT2D eigenvalue weighted by Crippen LogP contribution is -2.43. The summed E-state index contributed by atoms with van der Waals surface area (Å²) in [6.07, 6.45) is 2.50. The van der Waals surface area contributed by atoms with Crippen LogP contribution < -0.4 is 10.6 Å². The number of hydrogen-bond donors (Lipinski definition) is 3. The van der Waals surface area contributed by atoms with E-state index in [1.165, 1.54) is 6.20 Å². The van der Waals surface area contributed by atoms with Crippen molar-refractivity contribution in [3.05, 3.63) is 35.8 Å². The molecule has 1 amide bonds. The molecule has 2 aliphatic heterocycles. The molecule has 0 aliphatic carbocycles. The number of nitrogens with one attached hydrogen (secondary N) is 3. The second-order valence-corrected chi connectivity index (χ2v) is 9.33. The lowest BCUT2D eigenvalue weighted by Gasteiger charge is -2.28. The zero-order chi connectivity index (χ0) is 24.6. The fourth-order valence-corrected chi connectivity index (χ4v) is 4.75. The summed E-state index contributed by atoms with van der Waals surface area (Å²) in [5.74, 6) is -0.0174. The van der Waals surface area contributed by atoms with E-state index in [1.807, 2.05) is 0 Å². The van der Waals surface area contributed by atoms with Crippen LogP contribution >= 0.6 is 0 Å². The highest BCUT2D eigenvalue weighted by Gasteiger charge is 2.36. The normalized spacial score (nSPS) is 21.3. The van der Waals surface area contributed by atoms with Gasteiger partial charge >= 0.3 is 6.18 Å². The van der Waals surface area contributed by atoms with Gasteiger partial charge in [0.15, 0.2) is 0 Å². The fraction of sp³-hybridized carbons (Fsp3) is 0.500. The minimum atomic E-state index is -4.63. The van der Waals surface area contributed by atoms with Crippen LogP contribution in [0, 0.1) is 0 Å². The van der Waals surface area contributed by atoms with Crippen molar-refractivity contribution in [2.75, 3.05) is 25.0 Å². The highest BCUT2D eigenvalue weighted by atomic mass is 19.4. The zero-order valence-corrected chi connectivity index (χ0v) is 19.5. The number of halogens is 3. The predicted molar refractivity (Wildman–Crippen MR) is 126 cm³/mol. The van der Waals surface area contributed by atoms with Crippen molar-refractivity contribution in [1.29, 1.82) is 0 Å². The highest BCUT2D eigenvalue weighted by Crippen LogP contribution is 2.38. The molecule has 35 heavy (non-hydrogen) atoms. The molecule has 0 saturated carbocycles. The molecule has 0 radical (unpaired) electrons. The summed E-state index contributed by atoms with van der Waals surface area (Å²) in [6.45, 7) is 4.16. The van der Waals surface area contributed by atoms with Gasteiger partial charge in [0.1, 0.15) is 16.9 Å². The molecule has 0 aromatic carbocycles. The molecule has 186 valence electrons. The molecule has 0 spiro atoms. The molecule has 5 heterocycles. The monoisotopic (exact) mass is 487 g/mol. The Kier molecular flexibility index (Phi) is 6.35. The fourth-order valence-electron chi connectivity index (χ4n) is 4.75. The third-order valence-corrected chi connectivity index (χ3v) is 6.74. The van der Waals surface area contributed by atoms with Crippen LogP contribution in [-0.2, 0) is 6.18 Å². The quantitative estimate of drug-likeness (QED) is 0.510. The molecule has 2 fully saturated rings. The topological polar surface area (TPSA) is 98.8 Å². The molecular weight excluding hydrogens is 459 g/mol. The van der Waals surface area contributed by atoms with Gasteiger partial charge in [0.2, 0.25) is 5.95 Å². The van der Waals surface area contributed by atoms with Crippen molar-refractivity contribution in [1.82, 2.24) is 30.2 Å². The SMILES string of the molecule is C[C@H]1CC[C@H](Nc2ncc(C(F)(F)F)c(-c3c[nH]c4nc(C(=O)N5CCCCC5)ccc34)n2)CN1. The average molecular weight is 488 g/mol. The van der Waals surface area contributed by atoms with Gasteiger partial charge in [-0.15, -0.1) is 0 Å². The summed E-state index contributed by atoms with van der Waals surface area (Å²) in [6, 6.07) is 3.64. The number of piperidine rings is 2. The Morgan fingerprint density at radius 1 is 1.14 bits per heavy atom. The number of fused-ring (bicyclic) bond motifs is 1. The van der Waals surface area contributed by atoms with Gasteiger partial charge in [-0.1, -0.05) is 0 Å². The zero-order valence-electron chi connectivity index (χ0n) is 19.5. The van der Waals surface area contributed by atoms with Gasteiger partial charge in [-0.3, -0.25) is 4.79 Å². The number of aromatic amines is 1.